The molecule has 4 N–H and O–H groups in total. The molecule has 2 heterocycles. The molecule has 0 radical (unpaired) electrons. The number of nitrogens with two attached hydrogens (primary N) is 1. The van der Waals surface area contributed by atoms with E-state index in [4.69, 9.17) is 5.73 Å². The third-order valence-corrected chi connectivity index (χ3v) is 2.05. The van der Waals surface area contributed by atoms with E-state index in [1.165, 1.54) is 5.56 Å². The average molecular weight is 191 g/mol. The predicted octanol–water partition coefficient (Wildman–Crippen LogP) is 0.00620. The van der Waals surface area contributed by atoms with Crippen molar-refractivity contribution in [3.63, 3.8) is 0 Å². The summed E-state index contributed by atoms with van der Waals surface area (Å²) in [5.74, 6) is 0. The zero-order chi connectivity index (χ0) is 9.80. The number of aromatic nitrogens is 3. The van der Waals surface area contributed by atoms with Gasteiger partial charge in [0.15, 0.2) is 5.65 Å². The first kappa shape index (κ1) is 9.11. The van der Waals surface area contributed by atoms with E-state index in [0.29, 0.717) is 6.54 Å². The van der Waals surface area contributed by atoms with Gasteiger partial charge in [-0.1, -0.05) is 0 Å². The molecule has 0 saturated heterocycles. The van der Waals surface area contributed by atoms with E-state index in [0.717, 1.165) is 24.3 Å². The Hall–Kier alpha value is -1.46. The van der Waals surface area contributed by atoms with Crippen LogP contribution < -0.4 is 11.1 Å². The van der Waals surface area contributed by atoms with E-state index in [2.05, 4.69) is 20.3 Å². The Morgan fingerprint density at radius 1 is 1.43 bits per heavy atom. The molecular weight excluding hydrogens is 178 g/mol. The molecule has 0 aromatic carbocycles. The molecule has 0 unspecified atom stereocenters. The van der Waals surface area contributed by atoms with Gasteiger partial charge in [-0.25, -0.2) is 9.97 Å². The topological polar surface area (TPSA) is 79.6 Å². The van der Waals surface area contributed by atoms with Crippen molar-refractivity contribution in [2.75, 3.05) is 13.1 Å². The second-order valence-electron chi connectivity index (χ2n) is 3.04. The average Bonchev–Trinajstić information content (AvgIpc) is 2.67. The van der Waals surface area contributed by atoms with Crippen LogP contribution in [0.3, 0.4) is 0 Å². The standard InChI is InChI=1S/C9H13N5/c10-2-4-11-5-7-1-3-12-9-8(7)13-6-14-9/h1,3,6,11H,2,4-5,10H2,(H,12,13,14). The lowest BCUT2D eigenvalue weighted by Crippen LogP contribution is -2.22. The van der Waals surface area contributed by atoms with Gasteiger partial charge in [0.2, 0.25) is 0 Å². The molecule has 74 valence electrons. The third-order valence-electron chi connectivity index (χ3n) is 2.05. The Morgan fingerprint density at radius 2 is 2.36 bits per heavy atom. The number of nitrogens with zero attached hydrogens (tertiary/aromatic N) is 2. The van der Waals surface area contributed by atoms with Gasteiger partial charge < -0.3 is 16.0 Å². The van der Waals surface area contributed by atoms with Gasteiger partial charge in [0, 0.05) is 25.8 Å². The normalized spacial score (nSPS) is 10.9. The molecule has 0 saturated carbocycles. The van der Waals surface area contributed by atoms with Gasteiger partial charge in [0.05, 0.1) is 11.8 Å². The highest BCUT2D eigenvalue weighted by Gasteiger charge is 2.02. The molecule has 2 aromatic rings. The molecule has 5 heteroatoms. The number of nitrogens with one attached hydrogen (secondary N) is 2. The number of pyridine rings is 1. The minimum absolute atomic E-state index is 0.650. The fourth-order valence-corrected chi connectivity index (χ4v) is 1.37. The van der Waals surface area contributed by atoms with Crippen LogP contribution in [0, 0.1) is 0 Å². The molecular formula is C9H13N5. The largest absolute Gasteiger partial charge is 0.343 e. The number of hydrogen-bond donors (Lipinski definition) is 3. The van der Waals surface area contributed by atoms with Crippen LogP contribution in [0.15, 0.2) is 18.6 Å². The molecule has 0 aliphatic carbocycles. The number of imidazole rings is 1. The van der Waals surface area contributed by atoms with Crippen LogP contribution in [0.1, 0.15) is 5.56 Å². The summed E-state index contributed by atoms with van der Waals surface area (Å²) in [5.41, 5.74) is 8.32. The molecule has 0 aliphatic heterocycles. The maximum atomic E-state index is 5.39. The molecule has 0 spiro atoms. The lowest BCUT2D eigenvalue weighted by Gasteiger charge is -2.03. The molecule has 0 aliphatic rings. The van der Waals surface area contributed by atoms with E-state index in [9.17, 15) is 0 Å². The van der Waals surface area contributed by atoms with Crippen molar-refractivity contribution >= 4 is 11.2 Å². The third kappa shape index (κ3) is 1.73. The van der Waals surface area contributed by atoms with Crippen molar-refractivity contribution in [1.29, 1.82) is 0 Å². The van der Waals surface area contributed by atoms with Gasteiger partial charge in [-0.05, 0) is 11.6 Å². The molecule has 14 heavy (non-hydrogen) atoms. The van der Waals surface area contributed by atoms with Gasteiger partial charge in [-0.3, -0.25) is 0 Å². The van der Waals surface area contributed by atoms with E-state index >= 15 is 0 Å². The van der Waals surface area contributed by atoms with Crippen molar-refractivity contribution in [2.45, 2.75) is 6.54 Å². The smallest absolute Gasteiger partial charge is 0.177 e. The first-order valence-electron chi connectivity index (χ1n) is 4.59. The summed E-state index contributed by atoms with van der Waals surface area (Å²) in [6.45, 7) is 2.26. The van der Waals surface area contributed by atoms with E-state index in [-0.39, 0.29) is 0 Å². The molecule has 0 bridgehead atoms. The van der Waals surface area contributed by atoms with Gasteiger partial charge in [0.25, 0.3) is 0 Å². The Labute approximate surface area is 81.7 Å². The quantitative estimate of drug-likeness (QED) is 0.594. The first-order chi connectivity index (χ1) is 6.92. The minimum atomic E-state index is 0.650. The molecule has 5 nitrogen and oxygen atoms in total. The number of rotatable bonds is 4. The van der Waals surface area contributed by atoms with Gasteiger partial charge in [-0.2, -0.15) is 0 Å². The fraction of sp³-hybridized carbons (Fsp3) is 0.333. The van der Waals surface area contributed by atoms with Crippen LogP contribution in [0.5, 0.6) is 0 Å². The number of hydrogen-bond acceptors (Lipinski definition) is 4. The molecule has 2 rings (SSSR count). The SMILES string of the molecule is NCCNCc1ccnc2nc[nH]c12. The summed E-state index contributed by atoms with van der Waals surface area (Å²) in [5, 5.41) is 3.23. The van der Waals surface area contributed by atoms with E-state index < -0.39 is 0 Å². The highest BCUT2D eigenvalue weighted by atomic mass is 15.0. The molecule has 0 amide bonds. The van der Waals surface area contributed by atoms with Crippen LogP contribution in [0.4, 0.5) is 0 Å². The Morgan fingerprint density at radius 3 is 3.21 bits per heavy atom. The fourth-order valence-electron chi connectivity index (χ4n) is 1.37. The zero-order valence-electron chi connectivity index (χ0n) is 7.83. The van der Waals surface area contributed by atoms with Gasteiger partial charge >= 0.3 is 0 Å². The highest BCUT2D eigenvalue weighted by molar-refractivity contribution is 5.73. The number of H-pyrrole nitrogens is 1. The minimum Gasteiger partial charge on any atom is -0.343 e. The Kier molecular flexibility index (Phi) is 2.71. The van der Waals surface area contributed by atoms with Crippen LogP contribution in [0.25, 0.3) is 11.2 Å². The lowest BCUT2D eigenvalue weighted by molar-refractivity contribution is 0.697. The second-order valence-corrected chi connectivity index (χ2v) is 3.04. The van der Waals surface area contributed by atoms with Gasteiger partial charge in [0.1, 0.15) is 0 Å². The first-order valence-corrected chi connectivity index (χ1v) is 4.59. The maximum Gasteiger partial charge on any atom is 0.177 e. The van der Waals surface area contributed by atoms with E-state index in [1.54, 1.807) is 12.5 Å². The van der Waals surface area contributed by atoms with Crippen molar-refractivity contribution in [1.82, 2.24) is 20.3 Å². The molecule has 0 fully saturated rings. The van der Waals surface area contributed by atoms with Crippen LogP contribution in [0.2, 0.25) is 0 Å². The highest BCUT2D eigenvalue weighted by Crippen LogP contribution is 2.11. The van der Waals surface area contributed by atoms with E-state index in [1.807, 2.05) is 6.07 Å². The summed E-state index contributed by atoms with van der Waals surface area (Å²) in [6, 6.07) is 1.98. The maximum absolute atomic E-state index is 5.39. The van der Waals surface area contributed by atoms with Crippen molar-refractivity contribution in [2.24, 2.45) is 5.73 Å². The predicted molar refractivity (Wildman–Crippen MR) is 54.6 cm³/mol. The van der Waals surface area contributed by atoms with Crippen LogP contribution in [-0.2, 0) is 6.54 Å². The summed E-state index contributed by atoms with van der Waals surface area (Å²) >= 11 is 0. The Bertz CT molecular complexity index is 408. The summed E-state index contributed by atoms with van der Waals surface area (Å²) in [4.78, 5) is 11.3. The number of fused-ring (bicyclic) bond motifs is 1. The second kappa shape index (κ2) is 4.17. The summed E-state index contributed by atoms with van der Waals surface area (Å²) < 4.78 is 0. The zero-order valence-corrected chi connectivity index (χ0v) is 7.83. The molecule has 2 aromatic heterocycles. The van der Waals surface area contributed by atoms with Crippen molar-refractivity contribution in [3.05, 3.63) is 24.2 Å². The monoisotopic (exact) mass is 191 g/mol. The number of aromatic amines is 1. The van der Waals surface area contributed by atoms with Crippen LogP contribution >= 0.6 is 0 Å². The molecule has 0 atom stereocenters. The lowest BCUT2D eigenvalue weighted by atomic mass is 10.2. The summed E-state index contributed by atoms with van der Waals surface area (Å²) in [6.07, 6.45) is 3.42. The van der Waals surface area contributed by atoms with Crippen molar-refractivity contribution < 1.29 is 0 Å². The van der Waals surface area contributed by atoms with Crippen molar-refractivity contribution in [3.8, 4) is 0 Å². The Balaban J connectivity index is 2.19. The van der Waals surface area contributed by atoms with Crippen LogP contribution in [-0.4, -0.2) is 28.0 Å². The van der Waals surface area contributed by atoms with Gasteiger partial charge in [-0.15, -0.1) is 0 Å². The summed E-state index contributed by atoms with van der Waals surface area (Å²) in [7, 11) is 0.